The van der Waals surface area contributed by atoms with E-state index in [9.17, 15) is 43.2 Å². The summed E-state index contributed by atoms with van der Waals surface area (Å²) in [5.41, 5.74) is -12.4. The smallest absolute Gasteiger partial charge is 0.421 e. The summed E-state index contributed by atoms with van der Waals surface area (Å²) in [6.07, 6.45) is 6.22. The van der Waals surface area contributed by atoms with Crippen LogP contribution in [-0.4, -0.2) is 88.8 Å². The molecule has 0 atom stereocenters. The van der Waals surface area contributed by atoms with Crippen LogP contribution in [0.4, 0.5) is 26.3 Å². The van der Waals surface area contributed by atoms with E-state index in [1.807, 2.05) is 0 Å². The Morgan fingerprint density at radius 2 is 1.24 bits per heavy atom. The number of sulfonamides is 2. The molecule has 33 heavy (non-hydrogen) atoms. The summed E-state index contributed by atoms with van der Waals surface area (Å²) in [6, 6.07) is 0. The van der Waals surface area contributed by atoms with Gasteiger partial charge < -0.3 is 21.9 Å². The van der Waals surface area contributed by atoms with Gasteiger partial charge in [0.25, 0.3) is 0 Å². The van der Waals surface area contributed by atoms with Gasteiger partial charge in [0.05, 0.1) is 20.1 Å². The largest absolute Gasteiger partial charge is 0.558 e. The summed E-state index contributed by atoms with van der Waals surface area (Å²) in [7, 11) is -8.47. The first-order valence-electron chi connectivity index (χ1n) is 9.59. The van der Waals surface area contributed by atoms with Gasteiger partial charge in [-0.1, -0.05) is 19.8 Å². The molecule has 0 radical (unpaired) electrons. The fraction of sp³-hybridized carbons (Fsp3) is 1.00. The second kappa shape index (κ2) is 12.0. The zero-order chi connectivity index (χ0) is 26.4. The first-order valence-corrected chi connectivity index (χ1v) is 14.4. The van der Waals surface area contributed by atoms with E-state index in [0.29, 0.717) is 0 Å². The standard InChI is InChI=1S/C13H30NO3Si.C2F6NO4S2/c1-6-7-13-8-10-14(2,11-9-13)12-18(15-3,16-4)17-5;3-1(4,5)14(10,11)9-15(12,13)2(6,7)8/h13H,6-12H2,1-5H3;/q+1;-1. The summed E-state index contributed by atoms with van der Waals surface area (Å²) in [5.74, 6) is 0.921. The zero-order valence-electron chi connectivity index (χ0n) is 18.9. The van der Waals surface area contributed by atoms with Crippen molar-refractivity contribution in [2.45, 2.75) is 43.6 Å². The lowest BCUT2D eigenvalue weighted by atomic mass is 9.92. The Bertz CT molecular complexity index is 759. The van der Waals surface area contributed by atoms with E-state index in [1.54, 1.807) is 21.3 Å². The number of piperidine rings is 1. The van der Waals surface area contributed by atoms with Crippen molar-refractivity contribution < 1.29 is 60.9 Å². The lowest BCUT2D eigenvalue weighted by molar-refractivity contribution is -0.908. The number of nitrogens with zero attached hydrogens (tertiary/aromatic N) is 2. The van der Waals surface area contributed by atoms with Gasteiger partial charge in [0.1, 0.15) is 6.17 Å². The number of hydrogen-bond acceptors (Lipinski definition) is 7. The maximum Gasteiger partial charge on any atom is 0.558 e. The Balaban J connectivity index is 0.000000633. The van der Waals surface area contributed by atoms with Crippen molar-refractivity contribution in [3.63, 3.8) is 0 Å². The predicted molar refractivity (Wildman–Crippen MR) is 109 cm³/mol. The van der Waals surface area contributed by atoms with E-state index in [2.05, 4.69) is 14.0 Å². The number of alkyl halides is 6. The van der Waals surface area contributed by atoms with Crippen molar-refractivity contribution in [2.75, 3.05) is 47.6 Å². The molecule has 0 aromatic carbocycles. The fourth-order valence-electron chi connectivity index (χ4n) is 3.22. The normalized spacial score (nSPS) is 23.1. The van der Waals surface area contributed by atoms with Gasteiger partial charge in [0.2, 0.25) is 0 Å². The maximum absolute atomic E-state index is 11.4. The lowest BCUT2D eigenvalue weighted by Gasteiger charge is -2.43. The van der Waals surface area contributed by atoms with E-state index >= 15 is 0 Å². The number of hydrogen-bond donors (Lipinski definition) is 0. The van der Waals surface area contributed by atoms with E-state index < -0.39 is 39.9 Å². The molecule has 9 nitrogen and oxygen atoms in total. The van der Waals surface area contributed by atoms with Gasteiger partial charge in [-0.15, -0.1) is 0 Å². The number of halogens is 6. The topological polar surface area (TPSA) is 110 Å². The van der Waals surface area contributed by atoms with Crippen molar-refractivity contribution in [3.8, 4) is 0 Å². The first-order chi connectivity index (χ1) is 14.7. The van der Waals surface area contributed by atoms with Crippen molar-refractivity contribution in [2.24, 2.45) is 5.92 Å². The summed E-state index contributed by atoms with van der Waals surface area (Å²) < 4.78 is 127. The van der Waals surface area contributed by atoms with E-state index in [4.69, 9.17) is 13.3 Å². The van der Waals surface area contributed by atoms with Crippen LogP contribution in [0, 0.1) is 5.92 Å². The summed E-state index contributed by atoms with van der Waals surface area (Å²) in [4.78, 5) is 0. The third kappa shape index (κ3) is 9.58. The van der Waals surface area contributed by atoms with E-state index in [0.717, 1.165) is 20.7 Å². The molecule has 1 heterocycles. The van der Waals surface area contributed by atoms with Crippen molar-refractivity contribution in [1.82, 2.24) is 0 Å². The number of quaternary nitrogens is 1. The summed E-state index contributed by atoms with van der Waals surface area (Å²) >= 11 is 0. The molecule has 0 N–H and O–H groups in total. The molecule has 0 amide bonds. The Hall–Kier alpha value is -0.503. The van der Waals surface area contributed by atoms with Gasteiger partial charge in [0, 0.05) is 21.3 Å². The van der Waals surface area contributed by atoms with Gasteiger partial charge in [0.15, 0.2) is 20.0 Å². The quantitative estimate of drug-likeness (QED) is 0.244. The summed E-state index contributed by atoms with van der Waals surface area (Å²) in [5, 5.41) is 0. The summed E-state index contributed by atoms with van der Waals surface area (Å²) in [6.45, 7) is 4.71. The molecule has 0 aromatic rings. The molecule has 0 spiro atoms. The zero-order valence-corrected chi connectivity index (χ0v) is 21.5. The van der Waals surface area contributed by atoms with Gasteiger partial charge in [-0.05, 0) is 18.8 Å². The lowest BCUT2D eigenvalue weighted by Crippen LogP contribution is -2.62. The van der Waals surface area contributed by atoms with Crippen LogP contribution in [0.2, 0.25) is 0 Å². The van der Waals surface area contributed by atoms with E-state index in [1.165, 1.54) is 38.8 Å². The molecule has 0 bridgehead atoms. The highest BCUT2D eigenvalue weighted by Crippen LogP contribution is 2.36. The number of likely N-dealkylation sites (tertiary alicyclic amines) is 1. The Morgan fingerprint density at radius 1 is 0.879 bits per heavy atom. The van der Waals surface area contributed by atoms with Gasteiger partial charge >= 0.3 is 19.8 Å². The molecule has 0 aromatic heterocycles. The average Bonchev–Trinajstić information content (AvgIpc) is 2.66. The minimum absolute atomic E-state index is 0.778. The maximum atomic E-state index is 11.4. The van der Waals surface area contributed by atoms with Crippen LogP contribution in [-0.2, 0) is 33.3 Å². The molecule has 1 saturated heterocycles. The Labute approximate surface area is 191 Å². The highest BCUT2D eigenvalue weighted by atomic mass is 32.3. The van der Waals surface area contributed by atoms with Crippen molar-refractivity contribution in [1.29, 1.82) is 0 Å². The molecular weight excluding hydrogens is 526 g/mol. The second-order valence-corrected chi connectivity index (χ2v) is 14.0. The fourth-order valence-corrected chi connectivity index (χ4v) is 7.07. The molecule has 1 aliphatic rings. The van der Waals surface area contributed by atoms with Crippen LogP contribution in [0.5, 0.6) is 0 Å². The third-order valence-electron chi connectivity index (χ3n) is 5.14. The molecule has 0 saturated carbocycles. The molecule has 18 heteroatoms. The van der Waals surface area contributed by atoms with Gasteiger partial charge in [-0.25, -0.2) is 16.8 Å². The molecule has 0 aliphatic carbocycles. The third-order valence-corrected chi connectivity index (χ3v) is 10.9. The SMILES string of the molecule is CCCC1CC[N+](C)(C[Si](OC)(OC)OC)CC1.O=S(=O)([N-]S(=O)(=O)C(F)(F)F)C(F)(F)F. The minimum Gasteiger partial charge on any atom is -0.421 e. The highest BCUT2D eigenvalue weighted by molar-refractivity contribution is 8.13. The van der Waals surface area contributed by atoms with Gasteiger partial charge in [-0.2, -0.15) is 26.3 Å². The van der Waals surface area contributed by atoms with Crippen LogP contribution in [0.15, 0.2) is 0 Å². The predicted octanol–water partition coefficient (Wildman–Crippen LogP) is 3.12. The van der Waals surface area contributed by atoms with E-state index in [-0.39, 0.29) is 0 Å². The molecule has 1 aliphatic heterocycles. The molecule has 1 rings (SSSR count). The van der Waals surface area contributed by atoms with Crippen molar-refractivity contribution >= 4 is 28.9 Å². The Morgan fingerprint density at radius 3 is 1.52 bits per heavy atom. The van der Waals surface area contributed by atoms with Crippen LogP contribution in [0.3, 0.4) is 0 Å². The van der Waals surface area contributed by atoms with Crippen LogP contribution in [0.25, 0.3) is 4.13 Å². The monoisotopic (exact) mass is 556 g/mol. The minimum atomic E-state index is -6.72. The van der Waals surface area contributed by atoms with Crippen LogP contribution < -0.4 is 0 Å². The van der Waals surface area contributed by atoms with Crippen LogP contribution in [0.1, 0.15) is 32.6 Å². The highest BCUT2D eigenvalue weighted by Gasteiger charge is 2.48. The number of rotatable bonds is 9. The first kappa shape index (κ1) is 32.5. The molecule has 0 unspecified atom stereocenters. The van der Waals surface area contributed by atoms with Crippen molar-refractivity contribution in [3.05, 3.63) is 4.13 Å². The molecular formula is C15H30F6N2O7S2Si. The van der Waals surface area contributed by atoms with Gasteiger partial charge in [-0.3, -0.25) is 0 Å². The molecule has 1 fully saturated rings. The molecule has 200 valence electrons. The Kier molecular flexibility index (Phi) is 11.8. The average molecular weight is 557 g/mol. The van der Waals surface area contributed by atoms with Crippen LogP contribution >= 0.6 is 0 Å². The second-order valence-electron chi connectivity index (χ2n) is 7.67.